The van der Waals surface area contributed by atoms with Crippen molar-refractivity contribution in [1.82, 2.24) is 5.32 Å². The van der Waals surface area contributed by atoms with Crippen LogP contribution in [0.2, 0.25) is 0 Å². The Labute approximate surface area is 99.4 Å². The molecule has 1 unspecified atom stereocenters. The van der Waals surface area contributed by atoms with Gasteiger partial charge >= 0.3 is 0 Å². The van der Waals surface area contributed by atoms with E-state index in [2.05, 4.69) is 5.32 Å². The fourth-order valence-electron chi connectivity index (χ4n) is 2.26. The molecule has 0 aliphatic carbocycles. The van der Waals surface area contributed by atoms with E-state index in [4.69, 9.17) is 9.47 Å². The van der Waals surface area contributed by atoms with Crippen molar-refractivity contribution < 1.29 is 19.0 Å². The molecule has 0 saturated carbocycles. The molecule has 1 aromatic carbocycles. The molecule has 2 rings (SSSR count). The van der Waals surface area contributed by atoms with Crippen LogP contribution in [-0.2, 0) is 0 Å². The summed E-state index contributed by atoms with van der Waals surface area (Å²) in [6, 6.07) is 1.14. The third-order valence-electron chi connectivity index (χ3n) is 3.10. The lowest BCUT2D eigenvalue weighted by Gasteiger charge is -2.18. The number of rotatable bonds is 3. The summed E-state index contributed by atoms with van der Waals surface area (Å²) in [5.74, 6) is -0.236. The highest BCUT2D eigenvalue weighted by Crippen LogP contribution is 2.44. The van der Waals surface area contributed by atoms with Gasteiger partial charge < -0.3 is 19.9 Å². The van der Waals surface area contributed by atoms with Gasteiger partial charge in [0.05, 0.1) is 14.2 Å². The molecule has 1 atom stereocenters. The predicted molar refractivity (Wildman–Crippen MR) is 61.4 cm³/mol. The lowest BCUT2D eigenvalue weighted by Crippen LogP contribution is -2.10. The van der Waals surface area contributed by atoms with Gasteiger partial charge in [0.15, 0.2) is 23.1 Å². The predicted octanol–water partition coefficient (Wildman–Crippen LogP) is 1.63. The van der Waals surface area contributed by atoms with E-state index in [1.807, 2.05) is 0 Å². The zero-order chi connectivity index (χ0) is 12.4. The highest BCUT2D eigenvalue weighted by molar-refractivity contribution is 5.56. The van der Waals surface area contributed by atoms with E-state index >= 15 is 0 Å². The van der Waals surface area contributed by atoms with E-state index in [-0.39, 0.29) is 11.7 Å². The molecule has 1 aliphatic heterocycles. The standard InChI is InChI=1S/C12H16FNO3/c1-16-9-5-8(13)11(15)10(12(9)17-2)7-3-4-14-6-7/h5,7,14-15H,3-4,6H2,1-2H3. The highest BCUT2D eigenvalue weighted by atomic mass is 19.1. The Balaban J connectivity index is 2.56. The second kappa shape index (κ2) is 4.79. The largest absolute Gasteiger partial charge is 0.505 e. The number of hydrogen-bond acceptors (Lipinski definition) is 4. The molecule has 1 heterocycles. The first kappa shape index (κ1) is 12.0. The van der Waals surface area contributed by atoms with Gasteiger partial charge in [-0.1, -0.05) is 0 Å². The van der Waals surface area contributed by atoms with Crippen molar-refractivity contribution in [2.45, 2.75) is 12.3 Å². The molecule has 1 saturated heterocycles. The molecule has 1 aromatic rings. The Kier molecular flexibility index (Phi) is 3.38. The molecule has 0 radical (unpaired) electrons. The average Bonchev–Trinajstić information content (AvgIpc) is 2.85. The zero-order valence-electron chi connectivity index (χ0n) is 9.92. The normalized spacial score (nSPS) is 19.4. The third-order valence-corrected chi connectivity index (χ3v) is 3.10. The number of phenols is 1. The van der Waals surface area contributed by atoms with E-state index in [1.54, 1.807) is 0 Å². The average molecular weight is 241 g/mol. The quantitative estimate of drug-likeness (QED) is 0.844. The summed E-state index contributed by atoms with van der Waals surface area (Å²) >= 11 is 0. The van der Waals surface area contributed by atoms with E-state index in [0.29, 0.717) is 23.6 Å². The molecule has 17 heavy (non-hydrogen) atoms. The Morgan fingerprint density at radius 3 is 2.71 bits per heavy atom. The fourth-order valence-corrected chi connectivity index (χ4v) is 2.26. The highest BCUT2D eigenvalue weighted by Gasteiger charge is 2.28. The smallest absolute Gasteiger partial charge is 0.169 e. The minimum absolute atomic E-state index is 0.0505. The molecule has 0 bridgehead atoms. The van der Waals surface area contributed by atoms with Gasteiger partial charge in [-0.05, 0) is 13.0 Å². The van der Waals surface area contributed by atoms with Gasteiger partial charge in [0, 0.05) is 24.1 Å². The Morgan fingerprint density at radius 1 is 1.41 bits per heavy atom. The van der Waals surface area contributed by atoms with Gasteiger partial charge in [-0.15, -0.1) is 0 Å². The number of halogens is 1. The van der Waals surface area contributed by atoms with Crippen LogP contribution in [0.1, 0.15) is 17.9 Å². The first-order chi connectivity index (χ1) is 8.19. The molecule has 2 N–H and O–H groups in total. The number of nitrogens with one attached hydrogen (secondary N) is 1. The van der Waals surface area contributed by atoms with Crippen LogP contribution in [-0.4, -0.2) is 32.4 Å². The van der Waals surface area contributed by atoms with E-state index < -0.39 is 5.82 Å². The summed E-state index contributed by atoms with van der Waals surface area (Å²) in [4.78, 5) is 0. The SMILES string of the molecule is COc1cc(F)c(O)c(C2CCNC2)c1OC. The van der Waals surface area contributed by atoms with Gasteiger partial charge in [-0.2, -0.15) is 0 Å². The van der Waals surface area contributed by atoms with Crippen LogP contribution in [0.25, 0.3) is 0 Å². The molecule has 1 aliphatic rings. The van der Waals surface area contributed by atoms with Crippen molar-refractivity contribution >= 4 is 0 Å². The number of phenolic OH excluding ortho intramolecular Hbond substituents is 1. The maximum absolute atomic E-state index is 13.6. The number of methoxy groups -OCH3 is 2. The number of ether oxygens (including phenoxy) is 2. The van der Waals surface area contributed by atoms with Crippen molar-refractivity contribution in [3.63, 3.8) is 0 Å². The summed E-state index contributed by atoms with van der Waals surface area (Å²) < 4.78 is 23.9. The van der Waals surface area contributed by atoms with Gasteiger partial charge in [0.2, 0.25) is 0 Å². The van der Waals surface area contributed by atoms with E-state index in [1.165, 1.54) is 14.2 Å². The van der Waals surface area contributed by atoms with E-state index in [0.717, 1.165) is 19.0 Å². The minimum atomic E-state index is -0.676. The van der Waals surface area contributed by atoms with Gasteiger partial charge in [0.1, 0.15) is 0 Å². The Morgan fingerprint density at radius 2 is 2.18 bits per heavy atom. The summed E-state index contributed by atoms with van der Waals surface area (Å²) in [7, 11) is 2.94. The van der Waals surface area contributed by atoms with Crippen LogP contribution in [0.3, 0.4) is 0 Å². The van der Waals surface area contributed by atoms with Crippen molar-refractivity contribution in [2.75, 3.05) is 27.3 Å². The monoisotopic (exact) mass is 241 g/mol. The molecule has 5 heteroatoms. The van der Waals surface area contributed by atoms with Crippen molar-refractivity contribution in [3.8, 4) is 17.2 Å². The second-order valence-corrected chi connectivity index (χ2v) is 4.05. The number of aromatic hydroxyl groups is 1. The molecular weight excluding hydrogens is 225 g/mol. The van der Waals surface area contributed by atoms with Crippen LogP contribution < -0.4 is 14.8 Å². The van der Waals surface area contributed by atoms with E-state index in [9.17, 15) is 9.50 Å². The molecule has 1 fully saturated rings. The second-order valence-electron chi connectivity index (χ2n) is 4.05. The summed E-state index contributed by atoms with van der Waals surface area (Å²) in [6.45, 7) is 1.56. The molecule has 0 aromatic heterocycles. The maximum atomic E-state index is 13.6. The van der Waals surface area contributed by atoms with Crippen LogP contribution in [0.5, 0.6) is 17.2 Å². The van der Waals surface area contributed by atoms with Gasteiger partial charge in [-0.25, -0.2) is 4.39 Å². The van der Waals surface area contributed by atoms with Crippen molar-refractivity contribution in [3.05, 3.63) is 17.4 Å². The zero-order valence-corrected chi connectivity index (χ0v) is 9.92. The molecule has 94 valence electrons. The summed E-state index contributed by atoms with van der Waals surface area (Å²) in [5, 5.41) is 13.0. The first-order valence-corrected chi connectivity index (χ1v) is 5.53. The molecule has 0 spiro atoms. The topological polar surface area (TPSA) is 50.7 Å². The van der Waals surface area contributed by atoms with Gasteiger partial charge in [-0.3, -0.25) is 0 Å². The number of hydrogen-bond donors (Lipinski definition) is 2. The lowest BCUT2D eigenvalue weighted by molar-refractivity contribution is 0.336. The van der Waals surface area contributed by atoms with Crippen LogP contribution in [0.4, 0.5) is 4.39 Å². The van der Waals surface area contributed by atoms with Crippen LogP contribution in [0.15, 0.2) is 6.07 Å². The first-order valence-electron chi connectivity index (χ1n) is 5.53. The van der Waals surface area contributed by atoms with Crippen molar-refractivity contribution in [1.29, 1.82) is 0 Å². The summed E-state index contributed by atoms with van der Waals surface area (Å²) in [6.07, 6.45) is 0.844. The Bertz CT molecular complexity index is 417. The third kappa shape index (κ3) is 2.02. The minimum Gasteiger partial charge on any atom is -0.505 e. The molecule has 0 amide bonds. The maximum Gasteiger partial charge on any atom is 0.169 e. The Hall–Kier alpha value is -1.49. The fraction of sp³-hybridized carbons (Fsp3) is 0.500. The molecule has 4 nitrogen and oxygen atoms in total. The lowest BCUT2D eigenvalue weighted by atomic mass is 9.95. The summed E-state index contributed by atoms with van der Waals surface area (Å²) in [5.41, 5.74) is 0.495. The van der Waals surface area contributed by atoms with Crippen LogP contribution >= 0.6 is 0 Å². The van der Waals surface area contributed by atoms with Crippen LogP contribution in [0, 0.1) is 5.82 Å². The van der Waals surface area contributed by atoms with Gasteiger partial charge in [0.25, 0.3) is 0 Å². The molecular formula is C12H16FNO3. The van der Waals surface area contributed by atoms with Crippen molar-refractivity contribution in [2.24, 2.45) is 0 Å². The number of benzene rings is 1.